The van der Waals surface area contributed by atoms with E-state index < -0.39 is 6.04 Å². The topological polar surface area (TPSA) is 78.5 Å². The van der Waals surface area contributed by atoms with E-state index in [1.165, 1.54) is 0 Å². The van der Waals surface area contributed by atoms with Gasteiger partial charge in [-0.05, 0) is 49.7 Å². The maximum Gasteiger partial charge on any atom is 0.253 e. The number of halogens is 1. The van der Waals surface area contributed by atoms with Gasteiger partial charge in [-0.25, -0.2) is 0 Å². The summed E-state index contributed by atoms with van der Waals surface area (Å²) in [7, 11) is 0. The van der Waals surface area contributed by atoms with Crippen molar-refractivity contribution in [1.82, 2.24) is 15.5 Å². The van der Waals surface area contributed by atoms with Gasteiger partial charge in [-0.15, -0.1) is 0 Å². The smallest absolute Gasteiger partial charge is 0.253 e. The minimum absolute atomic E-state index is 0.0168. The molecule has 1 heterocycles. The number of carbonyl (C=O) groups excluding carboxylic acids is 3. The van der Waals surface area contributed by atoms with Crippen molar-refractivity contribution in [3.05, 3.63) is 34.9 Å². The van der Waals surface area contributed by atoms with E-state index in [4.69, 9.17) is 11.6 Å². The molecule has 6 nitrogen and oxygen atoms in total. The van der Waals surface area contributed by atoms with Crippen LogP contribution in [0.4, 0.5) is 0 Å². The maximum atomic E-state index is 12.9. The monoisotopic (exact) mass is 419 g/mol. The molecule has 29 heavy (non-hydrogen) atoms. The Hall–Kier alpha value is -2.08. The molecule has 0 bridgehead atoms. The van der Waals surface area contributed by atoms with Crippen LogP contribution < -0.4 is 10.6 Å². The van der Waals surface area contributed by atoms with Crippen LogP contribution in [0.2, 0.25) is 5.02 Å². The minimum Gasteiger partial charge on any atom is -0.354 e. The molecule has 1 unspecified atom stereocenters. The van der Waals surface area contributed by atoms with Gasteiger partial charge in [0.2, 0.25) is 11.8 Å². The van der Waals surface area contributed by atoms with Crippen LogP contribution in [0.5, 0.6) is 0 Å². The first-order chi connectivity index (χ1) is 13.9. The fourth-order valence-corrected chi connectivity index (χ4v) is 3.94. The molecule has 1 aliphatic heterocycles. The van der Waals surface area contributed by atoms with Gasteiger partial charge in [0.1, 0.15) is 6.04 Å². The first kappa shape index (κ1) is 21.6. The highest BCUT2D eigenvalue weighted by molar-refractivity contribution is 6.33. The lowest BCUT2D eigenvalue weighted by Crippen LogP contribution is -2.54. The second kappa shape index (κ2) is 9.61. The second-order valence-electron chi connectivity index (χ2n) is 8.51. The van der Waals surface area contributed by atoms with Crippen LogP contribution in [0.1, 0.15) is 49.9 Å². The fraction of sp³-hybridized carbons (Fsp3) is 0.591. The van der Waals surface area contributed by atoms with Gasteiger partial charge in [0.15, 0.2) is 0 Å². The molecule has 2 aliphatic rings. The number of hydrogen-bond acceptors (Lipinski definition) is 3. The van der Waals surface area contributed by atoms with Gasteiger partial charge in [-0.2, -0.15) is 0 Å². The molecule has 2 fully saturated rings. The Kier molecular flexibility index (Phi) is 7.17. The Balaban J connectivity index is 1.67. The number of hydrogen-bond donors (Lipinski definition) is 2. The molecule has 0 spiro atoms. The predicted molar refractivity (Wildman–Crippen MR) is 113 cm³/mol. The van der Waals surface area contributed by atoms with Gasteiger partial charge < -0.3 is 15.5 Å². The molecule has 0 radical (unpaired) electrons. The molecule has 1 aromatic carbocycles. The van der Waals surface area contributed by atoms with Crippen LogP contribution in [0, 0.1) is 17.8 Å². The predicted octanol–water partition coefficient (Wildman–Crippen LogP) is 2.86. The van der Waals surface area contributed by atoms with Gasteiger partial charge in [-0.1, -0.05) is 37.6 Å². The van der Waals surface area contributed by atoms with Crippen molar-refractivity contribution in [2.45, 2.75) is 45.6 Å². The first-order valence-electron chi connectivity index (χ1n) is 10.5. The summed E-state index contributed by atoms with van der Waals surface area (Å²) in [6.45, 7) is 5.88. The Morgan fingerprint density at radius 1 is 1.10 bits per heavy atom. The van der Waals surface area contributed by atoms with E-state index >= 15 is 0 Å². The van der Waals surface area contributed by atoms with Gasteiger partial charge in [0.25, 0.3) is 5.91 Å². The molecule has 1 aromatic rings. The Morgan fingerprint density at radius 3 is 2.34 bits per heavy atom. The molecule has 3 amide bonds. The van der Waals surface area contributed by atoms with E-state index in [9.17, 15) is 14.4 Å². The third kappa shape index (κ3) is 5.72. The highest BCUT2D eigenvalue weighted by Gasteiger charge is 2.38. The number of amides is 3. The fourth-order valence-electron chi connectivity index (χ4n) is 3.72. The average molecular weight is 420 g/mol. The summed E-state index contributed by atoms with van der Waals surface area (Å²) in [4.78, 5) is 39.9. The quantitative estimate of drug-likeness (QED) is 0.713. The lowest BCUT2D eigenvalue weighted by molar-refractivity contribution is -0.134. The van der Waals surface area contributed by atoms with E-state index in [2.05, 4.69) is 10.6 Å². The molecule has 1 saturated heterocycles. The van der Waals surface area contributed by atoms with Crippen molar-refractivity contribution in [1.29, 1.82) is 0 Å². The molecule has 158 valence electrons. The van der Waals surface area contributed by atoms with Crippen LogP contribution in [0.3, 0.4) is 0 Å². The zero-order valence-electron chi connectivity index (χ0n) is 17.1. The number of likely N-dealkylation sites (tertiary alicyclic amines) is 1. The van der Waals surface area contributed by atoms with Gasteiger partial charge in [-0.3, -0.25) is 14.4 Å². The zero-order chi connectivity index (χ0) is 21.0. The first-order valence-corrected chi connectivity index (χ1v) is 10.9. The lowest BCUT2D eigenvalue weighted by atomic mass is 9.88. The number of nitrogens with one attached hydrogen (secondary N) is 2. The normalized spacial score (nSPS) is 18.4. The summed E-state index contributed by atoms with van der Waals surface area (Å²) < 4.78 is 0. The molecular weight excluding hydrogens is 390 g/mol. The largest absolute Gasteiger partial charge is 0.354 e. The standard InChI is InChI=1S/C22H30ClN3O3/c1-14(2)13-24-21(28)19(25-20(27)17-5-3-4-6-18(17)23)15-9-11-26(12-10-15)22(29)16-7-8-16/h3-6,14-16,19H,7-13H2,1-2H3,(H,24,28)(H,25,27). The van der Waals surface area contributed by atoms with Crippen molar-refractivity contribution in [3.63, 3.8) is 0 Å². The van der Waals surface area contributed by atoms with Crippen molar-refractivity contribution < 1.29 is 14.4 Å². The van der Waals surface area contributed by atoms with Crippen LogP contribution in [-0.2, 0) is 9.59 Å². The molecule has 1 saturated carbocycles. The number of rotatable bonds is 7. The molecular formula is C22H30ClN3O3. The number of benzene rings is 1. The highest BCUT2D eigenvalue weighted by Crippen LogP contribution is 2.33. The van der Waals surface area contributed by atoms with E-state index in [1.807, 2.05) is 18.7 Å². The Morgan fingerprint density at radius 2 is 1.76 bits per heavy atom. The summed E-state index contributed by atoms with van der Waals surface area (Å²) in [6, 6.07) is 6.18. The van der Waals surface area contributed by atoms with Crippen LogP contribution in [0.25, 0.3) is 0 Å². The summed E-state index contributed by atoms with van der Waals surface area (Å²) in [6.07, 6.45) is 3.38. The molecule has 1 atom stereocenters. The third-order valence-corrected chi connectivity index (χ3v) is 5.95. The third-order valence-electron chi connectivity index (χ3n) is 5.62. The summed E-state index contributed by atoms with van der Waals surface area (Å²) >= 11 is 6.15. The van der Waals surface area contributed by atoms with Crippen LogP contribution in [0.15, 0.2) is 24.3 Å². The molecule has 2 N–H and O–H groups in total. The van der Waals surface area contributed by atoms with Crippen molar-refractivity contribution in [2.24, 2.45) is 17.8 Å². The average Bonchev–Trinajstić information content (AvgIpc) is 3.55. The summed E-state index contributed by atoms with van der Waals surface area (Å²) in [5.74, 6) is 0.220. The Labute approximate surface area is 177 Å². The van der Waals surface area contributed by atoms with Crippen LogP contribution >= 0.6 is 11.6 Å². The summed E-state index contributed by atoms with van der Waals surface area (Å²) in [5.41, 5.74) is 0.358. The van der Waals surface area contributed by atoms with Crippen molar-refractivity contribution in [3.8, 4) is 0 Å². The lowest BCUT2D eigenvalue weighted by Gasteiger charge is -2.36. The van der Waals surface area contributed by atoms with Gasteiger partial charge in [0.05, 0.1) is 10.6 Å². The number of carbonyl (C=O) groups is 3. The second-order valence-corrected chi connectivity index (χ2v) is 8.91. The Bertz CT molecular complexity index is 755. The molecule has 7 heteroatoms. The number of nitrogens with zero attached hydrogens (tertiary/aromatic N) is 1. The molecule has 3 rings (SSSR count). The zero-order valence-corrected chi connectivity index (χ0v) is 17.9. The van der Waals surface area contributed by atoms with E-state index in [-0.39, 0.29) is 29.6 Å². The number of piperidine rings is 1. The SMILES string of the molecule is CC(C)CNC(=O)C(NC(=O)c1ccccc1Cl)C1CCN(C(=O)C2CC2)CC1. The molecule has 1 aliphatic carbocycles. The maximum absolute atomic E-state index is 12.9. The minimum atomic E-state index is -0.643. The van der Waals surface area contributed by atoms with Crippen molar-refractivity contribution >= 4 is 29.3 Å². The van der Waals surface area contributed by atoms with Gasteiger partial charge in [0, 0.05) is 25.6 Å². The van der Waals surface area contributed by atoms with Crippen molar-refractivity contribution in [2.75, 3.05) is 19.6 Å². The summed E-state index contributed by atoms with van der Waals surface area (Å²) in [5, 5.41) is 6.21. The van der Waals surface area contributed by atoms with Crippen LogP contribution in [-0.4, -0.2) is 48.3 Å². The van der Waals surface area contributed by atoms with E-state index in [0.717, 1.165) is 12.8 Å². The van der Waals surface area contributed by atoms with E-state index in [0.29, 0.717) is 49.0 Å². The highest BCUT2D eigenvalue weighted by atomic mass is 35.5. The molecule has 0 aromatic heterocycles. The van der Waals surface area contributed by atoms with E-state index in [1.54, 1.807) is 24.3 Å². The van der Waals surface area contributed by atoms with Gasteiger partial charge >= 0.3 is 0 Å².